The van der Waals surface area contributed by atoms with E-state index in [0.29, 0.717) is 5.76 Å². The van der Waals surface area contributed by atoms with Crippen LogP contribution in [-0.4, -0.2) is 5.78 Å². The maximum atomic E-state index is 13.4. The third-order valence-electron chi connectivity index (χ3n) is 2.39. The Morgan fingerprint density at radius 1 is 1.24 bits per heavy atom. The average Bonchev–Trinajstić information content (AvgIpc) is 2.76. The Kier molecular flexibility index (Phi) is 3.59. The van der Waals surface area contributed by atoms with Gasteiger partial charge in [0.15, 0.2) is 0 Å². The number of carbonyl (C=O) groups is 1. The Morgan fingerprint density at radius 3 is 2.71 bits per heavy atom. The van der Waals surface area contributed by atoms with Gasteiger partial charge in [0.1, 0.15) is 17.4 Å². The number of halogens is 2. The van der Waals surface area contributed by atoms with Gasteiger partial charge >= 0.3 is 0 Å². The summed E-state index contributed by atoms with van der Waals surface area (Å²) < 4.78 is 18.5. The Hall–Kier alpha value is -1.61. The van der Waals surface area contributed by atoms with Crippen LogP contribution in [0.2, 0.25) is 5.02 Å². The van der Waals surface area contributed by atoms with Crippen molar-refractivity contribution in [3.63, 3.8) is 0 Å². The number of hydrogen-bond donors (Lipinski definition) is 0. The van der Waals surface area contributed by atoms with Crippen molar-refractivity contribution in [3.05, 3.63) is 58.8 Å². The van der Waals surface area contributed by atoms with Gasteiger partial charge in [-0.15, -0.1) is 0 Å². The van der Waals surface area contributed by atoms with Crippen LogP contribution < -0.4 is 0 Å². The molecule has 0 saturated carbocycles. The molecular formula is C13H10ClFO2. The first kappa shape index (κ1) is 11.9. The second-order valence-electron chi connectivity index (χ2n) is 3.67. The van der Waals surface area contributed by atoms with Crippen LogP contribution in [0, 0.1) is 5.82 Å². The summed E-state index contributed by atoms with van der Waals surface area (Å²) in [7, 11) is 0. The van der Waals surface area contributed by atoms with Crippen molar-refractivity contribution < 1.29 is 13.6 Å². The van der Waals surface area contributed by atoms with Crippen molar-refractivity contribution in [3.8, 4) is 0 Å². The first-order valence-electron chi connectivity index (χ1n) is 5.14. The average molecular weight is 253 g/mol. The van der Waals surface area contributed by atoms with Gasteiger partial charge in [-0.1, -0.05) is 17.7 Å². The number of ketones is 1. The number of rotatable bonds is 4. The smallest absolute Gasteiger partial charge is 0.144 e. The molecule has 0 aliphatic carbocycles. The molecule has 0 unspecified atom stereocenters. The van der Waals surface area contributed by atoms with Gasteiger partial charge in [0, 0.05) is 17.0 Å². The molecule has 0 saturated heterocycles. The fourth-order valence-corrected chi connectivity index (χ4v) is 1.80. The third kappa shape index (κ3) is 2.94. The number of Topliss-reactive ketones (excluding diaryl/α,β-unsaturated/α-hetero) is 1. The van der Waals surface area contributed by atoms with Gasteiger partial charge in [-0.25, -0.2) is 4.39 Å². The van der Waals surface area contributed by atoms with Crippen molar-refractivity contribution in [2.45, 2.75) is 12.8 Å². The second-order valence-corrected chi connectivity index (χ2v) is 4.08. The fourth-order valence-electron chi connectivity index (χ4n) is 1.57. The summed E-state index contributed by atoms with van der Waals surface area (Å²) in [4.78, 5) is 11.7. The molecule has 2 rings (SSSR count). The molecule has 0 amide bonds. The van der Waals surface area contributed by atoms with E-state index in [0.717, 1.165) is 0 Å². The second kappa shape index (κ2) is 5.15. The van der Waals surface area contributed by atoms with E-state index in [4.69, 9.17) is 16.0 Å². The molecule has 1 aromatic carbocycles. The van der Waals surface area contributed by atoms with Crippen molar-refractivity contribution in [1.29, 1.82) is 0 Å². The summed E-state index contributed by atoms with van der Waals surface area (Å²) in [6.45, 7) is 0. The molecule has 0 aliphatic rings. The third-order valence-corrected chi connectivity index (χ3v) is 2.74. The van der Waals surface area contributed by atoms with Crippen molar-refractivity contribution >= 4 is 17.4 Å². The minimum Gasteiger partial charge on any atom is -0.469 e. The van der Waals surface area contributed by atoms with E-state index in [1.807, 2.05) is 0 Å². The first-order chi connectivity index (χ1) is 8.16. The lowest BCUT2D eigenvalue weighted by Gasteiger charge is -2.04. The Morgan fingerprint density at radius 2 is 2.06 bits per heavy atom. The van der Waals surface area contributed by atoms with E-state index in [1.54, 1.807) is 18.2 Å². The largest absolute Gasteiger partial charge is 0.469 e. The highest BCUT2D eigenvalue weighted by Gasteiger charge is 2.13. The normalized spacial score (nSPS) is 10.5. The van der Waals surface area contributed by atoms with Gasteiger partial charge in [0.2, 0.25) is 0 Å². The van der Waals surface area contributed by atoms with Gasteiger partial charge in [0.05, 0.1) is 12.7 Å². The minimum atomic E-state index is -0.453. The molecule has 0 spiro atoms. The molecule has 1 heterocycles. The standard InChI is InChI=1S/C13H10ClFO2/c14-12-4-1-5-13(15)11(12)8-9(16)7-10-3-2-6-17-10/h1-6H,7-8H2. The zero-order valence-electron chi connectivity index (χ0n) is 8.95. The fraction of sp³-hybridized carbons (Fsp3) is 0.154. The maximum absolute atomic E-state index is 13.4. The molecule has 17 heavy (non-hydrogen) atoms. The van der Waals surface area contributed by atoms with Crippen LogP contribution in [0.25, 0.3) is 0 Å². The van der Waals surface area contributed by atoms with Gasteiger partial charge in [-0.2, -0.15) is 0 Å². The van der Waals surface area contributed by atoms with Gasteiger partial charge in [0.25, 0.3) is 0 Å². The van der Waals surface area contributed by atoms with Gasteiger partial charge < -0.3 is 4.42 Å². The van der Waals surface area contributed by atoms with Crippen LogP contribution in [0.5, 0.6) is 0 Å². The van der Waals surface area contributed by atoms with E-state index in [-0.39, 0.29) is 29.2 Å². The van der Waals surface area contributed by atoms with E-state index >= 15 is 0 Å². The lowest BCUT2D eigenvalue weighted by Crippen LogP contribution is -2.08. The van der Waals surface area contributed by atoms with Crippen LogP contribution in [0.15, 0.2) is 41.0 Å². The van der Waals surface area contributed by atoms with E-state index in [9.17, 15) is 9.18 Å². The molecule has 4 heteroatoms. The summed E-state index contributed by atoms with van der Waals surface area (Å²) in [5.41, 5.74) is 0.241. The summed E-state index contributed by atoms with van der Waals surface area (Å²) in [6, 6.07) is 7.79. The highest BCUT2D eigenvalue weighted by molar-refractivity contribution is 6.31. The quantitative estimate of drug-likeness (QED) is 0.835. The Labute approximate surface area is 103 Å². The Bertz CT molecular complexity index is 500. The van der Waals surface area contributed by atoms with Gasteiger partial charge in [-0.3, -0.25) is 4.79 Å². The highest BCUT2D eigenvalue weighted by Crippen LogP contribution is 2.20. The van der Waals surface area contributed by atoms with Gasteiger partial charge in [-0.05, 0) is 24.3 Å². The molecule has 0 radical (unpaired) electrons. The zero-order chi connectivity index (χ0) is 12.3. The summed E-state index contributed by atoms with van der Waals surface area (Å²) >= 11 is 5.84. The first-order valence-corrected chi connectivity index (χ1v) is 5.51. The predicted octanol–water partition coefficient (Wildman–Crippen LogP) is 3.43. The Balaban J connectivity index is 2.08. The van der Waals surface area contributed by atoms with Crippen LogP contribution in [0.3, 0.4) is 0 Å². The van der Waals surface area contributed by atoms with Crippen molar-refractivity contribution in [1.82, 2.24) is 0 Å². The predicted molar refractivity (Wildman–Crippen MR) is 62.5 cm³/mol. The number of benzene rings is 1. The molecule has 2 nitrogen and oxygen atoms in total. The minimum absolute atomic E-state index is 0.0216. The van der Waals surface area contributed by atoms with Crippen molar-refractivity contribution in [2.24, 2.45) is 0 Å². The lowest BCUT2D eigenvalue weighted by molar-refractivity contribution is -0.118. The van der Waals surface area contributed by atoms with Crippen LogP contribution in [0.4, 0.5) is 4.39 Å². The van der Waals surface area contributed by atoms with E-state index in [1.165, 1.54) is 18.4 Å². The summed E-state index contributed by atoms with van der Waals surface area (Å²) in [6.07, 6.45) is 1.63. The van der Waals surface area contributed by atoms with Crippen LogP contribution >= 0.6 is 11.6 Å². The molecule has 0 fully saturated rings. The highest BCUT2D eigenvalue weighted by atomic mass is 35.5. The molecule has 0 atom stereocenters. The van der Waals surface area contributed by atoms with Crippen LogP contribution in [-0.2, 0) is 17.6 Å². The maximum Gasteiger partial charge on any atom is 0.144 e. The lowest BCUT2D eigenvalue weighted by atomic mass is 10.1. The number of hydrogen-bond acceptors (Lipinski definition) is 2. The molecule has 88 valence electrons. The van der Waals surface area contributed by atoms with Crippen LogP contribution in [0.1, 0.15) is 11.3 Å². The van der Waals surface area contributed by atoms with Crippen molar-refractivity contribution in [2.75, 3.05) is 0 Å². The molecule has 2 aromatic rings. The molecule has 0 N–H and O–H groups in total. The number of furan rings is 1. The molecule has 0 aliphatic heterocycles. The summed E-state index contributed by atoms with van der Waals surface area (Å²) in [5, 5.41) is 0.276. The van der Waals surface area contributed by atoms with E-state index < -0.39 is 5.82 Å². The topological polar surface area (TPSA) is 30.2 Å². The number of carbonyl (C=O) groups excluding carboxylic acids is 1. The molecule has 1 aromatic heterocycles. The zero-order valence-corrected chi connectivity index (χ0v) is 9.71. The monoisotopic (exact) mass is 252 g/mol. The molecule has 0 bridgehead atoms. The SMILES string of the molecule is O=C(Cc1ccco1)Cc1c(F)cccc1Cl. The summed E-state index contributed by atoms with van der Waals surface area (Å²) in [5.74, 6) is -0.0142. The van der Waals surface area contributed by atoms with E-state index in [2.05, 4.69) is 0 Å². The molecular weight excluding hydrogens is 243 g/mol.